The lowest BCUT2D eigenvalue weighted by molar-refractivity contribution is -0.147. The van der Waals surface area contributed by atoms with Crippen molar-refractivity contribution in [2.45, 2.75) is 33.1 Å². The fourth-order valence-corrected chi connectivity index (χ4v) is 5.92. The summed E-state index contributed by atoms with van der Waals surface area (Å²) < 4.78 is 37.8. The zero-order chi connectivity index (χ0) is 30.1. The largest absolute Gasteiger partial charge is 0.445 e. The minimum Gasteiger partial charge on any atom is -0.434 e. The van der Waals surface area contributed by atoms with Gasteiger partial charge in [0.05, 0.1) is 16.7 Å². The van der Waals surface area contributed by atoms with Gasteiger partial charge in [-0.1, -0.05) is 30.4 Å². The van der Waals surface area contributed by atoms with Crippen molar-refractivity contribution in [3.63, 3.8) is 0 Å². The molecule has 0 radical (unpaired) electrons. The molecule has 2 aliphatic heterocycles. The third-order valence-corrected chi connectivity index (χ3v) is 8.57. The normalized spacial score (nSPS) is 15.3. The van der Waals surface area contributed by atoms with E-state index < -0.39 is 33.3 Å². The molecule has 0 aliphatic carbocycles. The Hall–Kier alpha value is -3.63. The van der Waals surface area contributed by atoms with Gasteiger partial charge in [-0.25, -0.2) is 14.2 Å². The van der Waals surface area contributed by atoms with Crippen molar-refractivity contribution >= 4 is 30.6 Å². The second-order valence-electron chi connectivity index (χ2n) is 10.0. The minimum absolute atomic E-state index is 0.414. The first-order valence-corrected chi connectivity index (χ1v) is 15.5. The molecule has 0 N–H and O–H groups in total. The van der Waals surface area contributed by atoms with Crippen LogP contribution in [0.4, 0.5) is 0 Å². The van der Waals surface area contributed by atoms with Gasteiger partial charge in [-0.2, -0.15) is 0 Å². The van der Waals surface area contributed by atoms with E-state index in [1.165, 1.54) is 4.34 Å². The van der Waals surface area contributed by atoms with E-state index in [0.29, 0.717) is 49.0 Å². The molecule has 226 valence electrons. The Bertz CT molecular complexity index is 1380. The molecule has 0 amide bonds. The molecule has 0 spiro atoms. The van der Waals surface area contributed by atoms with Gasteiger partial charge in [-0.15, -0.1) is 0 Å². The summed E-state index contributed by atoms with van der Waals surface area (Å²) in [5, 5.41) is 0.887. The Balaban J connectivity index is 1.53. The van der Waals surface area contributed by atoms with Crippen LogP contribution in [0.15, 0.2) is 78.6 Å². The first kappa shape index (κ1) is 31.3. The molecule has 42 heavy (non-hydrogen) atoms. The van der Waals surface area contributed by atoms with Gasteiger partial charge in [0.15, 0.2) is 0 Å². The maximum atomic E-state index is 14.4. The molecule has 1 aromatic heterocycles. The average molecular weight is 599 g/mol. The van der Waals surface area contributed by atoms with Crippen LogP contribution >= 0.6 is 7.75 Å². The molecule has 2 aromatic rings. The smallest absolute Gasteiger partial charge is 0.434 e. The number of esters is 2. The Labute approximate surface area is 246 Å². The van der Waals surface area contributed by atoms with E-state index >= 15 is 0 Å². The number of carbonyl (C=O) groups excluding carboxylic acids is 2. The maximum Gasteiger partial charge on any atom is 0.445 e. The Morgan fingerprint density at radius 2 is 1.43 bits per heavy atom. The highest BCUT2D eigenvalue weighted by atomic mass is 31.2. The summed E-state index contributed by atoms with van der Waals surface area (Å²) >= 11 is 0. The van der Waals surface area contributed by atoms with Crippen LogP contribution in [0.25, 0.3) is 10.9 Å². The highest BCUT2D eigenvalue weighted by Gasteiger charge is 2.32. The van der Waals surface area contributed by atoms with Crippen molar-refractivity contribution in [2.24, 2.45) is 0 Å². The first-order chi connectivity index (χ1) is 20.2. The second kappa shape index (κ2) is 14.5. The predicted molar refractivity (Wildman–Crippen MR) is 160 cm³/mol. The number of hydrogen-bond acceptors (Lipinski definition) is 10. The molecule has 0 atom stereocenters. The number of likely N-dealkylation sites (N-methyl/N-ethyl adjacent to an activating group) is 1. The van der Waals surface area contributed by atoms with Gasteiger partial charge in [0.25, 0.3) is 0 Å². The molecule has 0 saturated heterocycles. The molecule has 11 nitrogen and oxygen atoms in total. The SMILES string of the molecule is CCN1C=CCC(C(=O)OCOP(=O)(OCOC(=O)C2=CN(CC)C=CC2)n2cc(CCN(C)C)c3ccccc32)=C1. The van der Waals surface area contributed by atoms with Crippen LogP contribution in [0.1, 0.15) is 32.3 Å². The van der Waals surface area contributed by atoms with Gasteiger partial charge < -0.3 is 24.2 Å². The van der Waals surface area contributed by atoms with E-state index in [0.717, 1.165) is 17.5 Å². The molecule has 1 aromatic carbocycles. The van der Waals surface area contributed by atoms with Crippen molar-refractivity contribution in [1.82, 2.24) is 19.0 Å². The summed E-state index contributed by atoms with van der Waals surface area (Å²) in [7, 11) is -0.252. The number of hydrogen-bond donors (Lipinski definition) is 0. The number of carbonyl (C=O) groups is 2. The predicted octanol–water partition coefficient (Wildman–Crippen LogP) is 4.98. The molecule has 4 rings (SSSR count). The van der Waals surface area contributed by atoms with Crippen LogP contribution in [0.3, 0.4) is 0 Å². The van der Waals surface area contributed by atoms with Crippen molar-refractivity contribution in [3.8, 4) is 0 Å². The molecular weight excluding hydrogens is 559 g/mol. The van der Waals surface area contributed by atoms with Crippen LogP contribution in [0, 0.1) is 0 Å². The van der Waals surface area contributed by atoms with E-state index in [-0.39, 0.29) is 0 Å². The number of ether oxygens (including phenoxy) is 2. The summed E-state index contributed by atoms with van der Waals surface area (Å²) in [5.41, 5.74) is 2.45. The molecule has 2 aliphatic rings. The second-order valence-corrected chi connectivity index (χ2v) is 11.9. The van der Waals surface area contributed by atoms with Gasteiger partial charge in [0.2, 0.25) is 13.6 Å². The monoisotopic (exact) mass is 598 g/mol. The lowest BCUT2D eigenvalue weighted by Crippen LogP contribution is -2.19. The van der Waals surface area contributed by atoms with Crippen LogP contribution in [0.2, 0.25) is 0 Å². The van der Waals surface area contributed by atoms with Crippen molar-refractivity contribution in [3.05, 3.63) is 84.1 Å². The number of aromatic nitrogens is 1. The lowest BCUT2D eigenvalue weighted by atomic mass is 10.1. The topological polar surface area (TPSA) is 103 Å². The first-order valence-electron chi connectivity index (χ1n) is 14.0. The number of rotatable bonds is 14. The van der Waals surface area contributed by atoms with Crippen molar-refractivity contribution in [2.75, 3.05) is 47.3 Å². The van der Waals surface area contributed by atoms with E-state index in [9.17, 15) is 14.2 Å². The fraction of sp³-hybridized carbons (Fsp3) is 0.400. The van der Waals surface area contributed by atoms with E-state index in [4.69, 9.17) is 18.5 Å². The highest BCUT2D eigenvalue weighted by molar-refractivity contribution is 7.52. The molecule has 0 saturated carbocycles. The van der Waals surface area contributed by atoms with Crippen molar-refractivity contribution < 1.29 is 32.7 Å². The maximum absolute atomic E-state index is 14.4. The Morgan fingerprint density at radius 1 is 0.881 bits per heavy atom. The van der Waals surface area contributed by atoms with Gasteiger partial charge in [-0.05, 0) is 58.4 Å². The van der Waals surface area contributed by atoms with E-state index in [2.05, 4.69) is 4.90 Å². The van der Waals surface area contributed by atoms with Gasteiger partial charge in [0.1, 0.15) is 0 Å². The molecular formula is C30H39N4O7P. The zero-order valence-corrected chi connectivity index (χ0v) is 25.5. The summed E-state index contributed by atoms with van der Waals surface area (Å²) in [5.74, 6) is -1.17. The van der Waals surface area contributed by atoms with Crippen LogP contribution in [-0.2, 0) is 39.1 Å². The molecule has 0 unspecified atom stereocenters. The lowest BCUT2D eigenvalue weighted by Gasteiger charge is -2.22. The quantitative estimate of drug-likeness (QED) is 0.168. The molecule has 3 heterocycles. The highest BCUT2D eigenvalue weighted by Crippen LogP contribution is 2.52. The van der Waals surface area contributed by atoms with Crippen LogP contribution in [0.5, 0.6) is 0 Å². The Morgan fingerprint density at radius 3 is 1.95 bits per heavy atom. The molecule has 12 heteroatoms. The number of nitrogens with zero attached hydrogens (tertiary/aromatic N) is 4. The third kappa shape index (κ3) is 7.80. The number of allylic oxidation sites excluding steroid dienone is 2. The fourth-order valence-electron chi connectivity index (χ4n) is 4.51. The van der Waals surface area contributed by atoms with E-state index in [1.54, 1.807) is 18.6 Å². The summed E-state index contributed by atoms with van der Waals surface area (Å²) in [6.45, 7) is 4.85. The van der Waals surface area contributed by atoms with Crippen molar-refractivity contribution in [1.29, 1.82) is 0 Å². The third-order valence-electron chi connectivity index (χ3n) is 6.85. The summed E-state index contributed by atoms with van der Waals surface area (Å²) in [6, 6.07) is 7.47. The van der Waals surface area contributed by atoms with Gasteiger partial charge >= 0.3 is 19.7 Å². The zero-order valence-electron chi connectivity index (χ0n) is 24.6. The Kier molecular flexibility index (Phi) is 10.8. The van der Waals surface area contributed by atoms with Gasteiger partial charge in [0, 0.05) is 56.5 Å². The molecule has 0 bridgehead atoms. The standard InChI is InChI=1S/C30H39N4O7P/c1-5-32-16-9-11-25(19-32)29(35)38-22-40-42(37,41-23-39-30(36)26-12-10-17-33(6-2)20-26)34-21-24(15-18-31(3)4)27-13-7-8-14-28(27)34/h7-10,13-14,16-17,19-21H,5-6,11-12,15,18,22-23H2,1-4H3. The van der Waals surface area contributed by atoms with Crippen LogP contribution < -0.4 is 0 Å². The average Bonchev–Trinajstić information content (AvgIpc) is 3.39. The van der Waals surface area contributed by atoms with Crippen LogP contribution in [-0.4, -0.2) is 78.3 Å². The van der Waals surface area contributed by atoms with E-state index in [1.807, 2.05) is 86.6 Å². The summed E-state index contributed by atoms with van der Waals surface area (Å²) in [4.78, 5) is 31.2. The summed E-state index contributed by atoms with van der Waals surface area (Å²) in [6.07, 6.45) is 14.2. The number of benzene rings is 1. The minimum atomic E-state index is -4.21. The molecule has 0 fully saturated rings. The number of fused-ring (bicyclic) bond motifs is 1. The van der Waals surface area contributed by atoms with Gasteiger partial charge in [-0.3, -0.25) is 13.4 Å². The number of para-hydroxylation sites is 1.